The van der Waals surface area contributed by atoms with Crippen molar-refractivity contribution in [3.63, 3.8) is 0 Å². The summed E-state index contributed by atoms with van der Waals surface area (Å²) in [6.45, 7) is 7.40. The number of esters is 1. The third-order valence-electron chi connectivity index (χ3n) is 0.651. The number of rotatable bonds is 3. The number of carbonyl (C=O) groups excluding carboxylic acids is 1. The lowest BCUT2D eigenvalue weighted by atomic mass is 10.5. The molecule has 3 nitrogen and oxygen atoms in total. The van der Waals surface area contributed by atoms with Crippen LogP contribution in [-0.2, 0) is 9.53 Å². The number of hydrogen-bond donors (Lipinski definition) is 1. The van der Waals surface area contributed by atoms with Crippen LogP contribution in [0.4, 0.5) is 0 Å². The molecule has 66 valence electrons. The highest BCUT2D eigenvalue weighted by atomic mass is 16.5. The van der Waals surface area contributed by atoms with E-state index in [2.05, 4.69) is 11.3 Å². The molecule has 0 fully saturated rings. The Morgan fingerprint density at radius 3 is 2.36 bits per heavy atom. The van der Waals surface area contributed by atoms with Gasteiger partial charge in [0, 0.05) is 13.0 Å². The standard InChI is InChI=1S/C6H10O2.C2H6O/c1-3-5-8-6(7)4-2;1-2-3/h3H,1,4-5H2,2H3;3H,2H2,1H3. The van der Waals surface area contributed by atoms with Gasteiger partial charge in [-0.15, -0.1) is 0 Å². The summed E-state index contributed by atoms with van der Waals surface area (Å²) in [5.74, 6) is -0.176. The van der Waals surface area contributed by atoms with Crippen LogP contribution in [0.5, 0.6) is 0 Å². The van der Waals surface area contributed by atoms with Crippen LogP contribution in [0.2, 0.25) is 0 Å². The van der Waals surface area contributed by atoms with Crippen molar-refractivity contribution < 1.29 is 14.6 Å². The second-order valence-electron chi connectivity index (χ2n) is 1.64. The molecule has 11 heavy (non-hydrogen) atoms. The Morgan fingerprint density at radius 2 is 2.09 bits per heavy atom. The van der Waals surface area contributed by atoms with Crippen LogP contribution in [-0.4, -0.2) is 24.3 Å². The molecule has 0 atom stereocenters. The normalized spacial score (nSPS) is 7.55. The number of aliphatic hydroxyl groups excluding tert-OH is 1. The predicted octanol–water partition coefficient (Wildman–Crippen LogP) is 1.12. The van der Waals surface area contributed by atoms with Crippen LogP contribution in [0.25, 0.3) is 0 Å². The minimum atomic E-state index is -0.176. The SMILES string of the molecule is C=CCOC(=O)CC.CCO. The Morgan fingerprint density at radius 1 is 1.64 bits per heavy atom. The Bertz CT molecular complexity index is 99.5. The predicted molar refractivity (Wildman–Crippen MR) is 44.2 cm³/mol. The largest absolute Gasteiger partial charge is 0.461 e. The van der Waals surface area contributed by atoms with E-state index in [1.807, 2.05) is 0 Å². The summed E-state index contributed by atoms with van der Waals surface area (Å²) in [7, 11) is 0. The molecule has 0 aromatic carbocycles. The summed E-state index contributed by atoms with van der Waals surface area (Å²) in [5, 5.41) is 7.57. The summed E-state index contributed by atoms with van der Waals surface area (Å²) in [6.07, 6.45) is 1.99. The fourth-order valence-corrected chi connectivity index (χ4v) is 0.254. The molecule has 0 aliphatic heterocycles. The van der Waals surface area contributed by atoms with Crippen molar-refractivity contribution in [2.75, 3.05) is 13.2 Å². The molecule has 0 aliphatic rings. The Hall–Kier alpha value is -0.830. The Kier molecular flexibility index (Phi) is 13.9. The van der Waals surface area contributed by atoms with Gasteiger partial charge >= 0.3 is 5.97 Å². The van der Waals surface area contributed by atoms with Gasteiger partial charge in [0.2, 0.25) is 0 Å². The lowest BCUT2D eigenvalue weighted by Gasteiger charge is -1.94. The van der Waals surface area contributed by atoms with Crippen molar-refractivity contribution in [2.45, 2.75) is 20.3 Å². The molecule has 3 heteroatoms. The van der Waals surface area contributed by atoms with E-state index < -0.39 is 0 Å². The van der Waals surface area contributed by atoms with Crippen molar-refractivity contribution >= 4 is 5.97 Å². The van der Waals surface area contributed by atoms with E-state index in [0.717, 1.165) is 0 Å². The fourth-order valence-electron chi connectivity index (χ4n) is 0.254. The number of carbonyl (C=O) groups is 1. The maximum absolute atomic E-state index is 10.3. The average molecular weight is 160 g/mol. The first kappa shape index (κ1) is 12.8. The zero-order valence-electron chi connectivity index (χ0n) is 7.17. The summed E-state index contributed by atoms with van der Waals surface area (Å²) in [5.41, 5.74) is 0. The van der Waals surface area contributed by atoms with Gasteiger partial charge in [-0.2, -0.15) is 0 Å². The summed E-state index contributed by atoms with van der Waals surface area (Å²) < 4.78 is 4.58. The molecular formula is C8H16O3. The molecule has 0 radical (unpaired) electrons. The van der Waals surface area contributed by atoms with Crippen molar-refractivity contribution in [1.29, 1.82) is 0 Å². The van der Waals surface area contributed by atoms with Gasteiger partial charge in [-0.05, 0) is 6.92 Å². The Balaban J connectivity index is 0. The van der Waals surface area contributed by atoms with E-state index in [-0.39, 0.29) is 12.6 Å². The van der Waals surface area contributed by atoms with Crippen LogP contribution in [0.15, 0.2) is 12.7 Å². The molecule has 0 aromatic rings. The zero-order valence-corrected chi connectivity index (χ0v) is 7.17. The number of hydrogen-bond acceptors (Lipinski definition) is 3. The van der Waals surface area contributed by atoms with Crippen LogP contribution in [0.3, 0.4) is 0 Å². The highest BCUT2D eigenvalue weighted by Crippen LogP contribution is 1.82. The molecule has 0 amide bonds. The number of aliphatic hydroxyl groups is 1. The molecule has 0 saturated heterocycles. The zero-order chi connectivity index (χ0) is 9.11. The van der Waals surface area contributed by atoms with E-state index in [4.69, 9.17) is 5.11 Å². The highest BCUT2D eigenvalue weighted by molar-refractivity contribution is 5.68. The van der Waals surface area contributed by atoms with E-state index in [1.54, 1.807) is 19.9 Å². The van der Waals surface area contributed by atoms with Gasteiger partial charge in [0.15, 0.2) is 0 Å². The molecule has 0 bridgehead atoms. The minimum Gasteiger partial charge on any atom is -0.461 e. The monoisotopic (exact) mass is 160 g/mol. The van der Waals surface area contributed by atoms with Crippen LogP contribution >= 0.6 is 0 Å². The van der Waals surface area contributed by atoms with Gasteiger partial charge in [-0.3, -0.25) is 4.79 Å². The molecule has 0 unspecified atom stereocenters. The molecule has 0 spiro atoms. The lowest BCUT2D eigenvalue weighted by Crippen LogP contribution is -2.00. The van der Waals surface area contributed by atoms with Gasteiger partial charge in [-0.1, -0.05) is 19.6 Å². The lowest BCUT2D eigenvalue weighted by molar-refractivity contribution is -0.141. The first-order valence-electron chi connectivity index (χ1n) is 3.60. The van der Waals surface area contributed by atoms with E-state index in [1.165, 1.54) is 0 Å². The molecular weight excluding hydrogens is 144 g/mol. The van der Waals surface area contributed by atoms with Gasteiger partial charge in [0.05, 0.1) is 0 Å². The molecule has 0 heterocycles. The van der Waals surface area contributed by atoms with E-state index in [0.29, 0.717) is 13.0 Å². The second kappa shape index (κ2) is 11.9. The van der Waals surface area contributed by atoms with Crippen molar-refractivity contribution in [3.05, 3.63) is 12.7 Å². The van der Waals surface area contributed by atoms with Gasteiger partial charge < -0.3 is 9.84 Å². The van der Waals surface area contributed by atoms with Crippen molar-refractivity contribution in [3.8, 4) is 0 Å². The third kappa shape index (κ3) is 17.6. The topological polar surface area (TPSA) is 46.5 Å². The van der Waals surface area contributed by atoms with E-state index >= 15 is 0 Å². The summed E-state index contributed by atoms with van der Waals surface area (Å²) >= 11 is 0. The first-order valence-corrected chi connectivity index (χ1v) is 3.60. The average Bonchev–Trinajstić information content (AvgIpc) is 2.02. The molecule has 0 rings (SSSR count). The van der Waals surface area contributed by atoms with Crippen LogP contribution < -0.4 is 0 Å². The van der Waals surface area contributed by atoms with Crippen LogP contribution in [0, 0.1) is 0 Å². The first-order chi connectivity index (χ1) is 5.22. The highest BCUT2D eigenvalue weighted by Gasteiger charge is 1.92. The van der Waals surface area contributed by atoms with Crippen LogP contribution in [0.1, 0.15) is 20.3 Å². The minimum absolute atomic E-state index is 0.176. The van der Waals surface area contributed by atoms with E-state index in [9.17, 15) is 4.79 Å². The number of ether oxygens (including phenoxy) is 1. The second-order valence-corrected chi connectivity index (χ2v) is 1.64. The summed E-state index contributed by atoms with van der Waals surface area (Å²) in [6, 6.07) is 0. The Labute approximate surface area is 67.7 Å². The molecule has 0 aliphatic carbocycles. The van der Waals surface area contributed by atoms with Crippen molar-refractivity contribution in [2.24, 2.45) is 0 Å². The van der Waals surface area contributed by atoms with Gasteiger partial charge in [0.25, 0.3) is 0 Å². The smallest absolute Gasteiger partial charge is 0.305 e. The molecule has 0 saturated carbocycles. The maximum Gasteiger partial charge on any atom is 0.305 e. The molecule has 0 aromatic heterocycles. The fraction of sp³-hybridized carbons (Fsp3) is 0.625. The van der Waals surface area contributed by atoms with Gasteiger partial charge in [-0.25, -0.2) is 0 Å². The van der Waals surface area contributed by atoms with Crippen molar-refractivity contribution in [1.82, 2.24) is 0 Å². The molecule has 1 N–H and O–H groups in total. The third-order valence-corrected chi connectivity index (χ3v) is 0.651. The van der Waals surface area contributed by atoms with Gasteiger partial charge in [0.1, 0.15) is 6.61 Å². The quantitative estimate of drug-likeness (QED) is 0.497. The summed E-state index contributed by atoms with van der Waals surface area (Å²) in [4.78, 5) is 10.3. The maximum atomic E-state index is 10.3.